The van der Waals surface area contributed by atoms with Crippen LogP contribution in [-0.4, -0.2) is 66.1 Å². The molecule has 4 N–H and O–H groups in total. The minimum Gasteiger partial charge on any atom is -0.508 e. The predicted molar refractivity (Wildman–Crippen MR) is 139 cm³/mol. The van der Waals surface area contributed by atoms with Gasteiger partial charge in [0, 0.05) is 37.6 Å². The molecule has 2 amide bonds. The van der Waals surface area contributed by atoms with E-state index in [2.05, 4.69) is 10.2 Å². The highest BCUT2D eigenvalue weighted by molar-refractivity contribution is 5.93. The van der Waals surface area contributed by atoms with Gasteiger partial charge in [-0.15, -0.1) is 0 Å². The maximum Gasteiger partial charge on any atom is 0.260 e. The maximum absolute atomic E-state index is 12.8. The van der Waals surface area contributed by atoms with E-state index in [1.54, 1.807) is 24.0 Å². The van der Waals surface area contributed by atoms with Gasteiger partial charge in [-0.3, -0.25) is 14.5 Å². The number of phenolic OH excluding ortho intramolecular Hbond substituents is 1. The van der Waals surface area contributed by atoms with Crippen molar-refractivity contribution in [3.05, 3.63) is 46.0 Å². The Morgan fingerprint density at radius 2 is 1.71 bits per heavy atom. The molecule has 0 spiro atoms. The zero-order valence-electron chi connectivity index (χ0n) is 21.7. The normalized spacial score (nSPS) is 14.6. The molecule has 0 unspecified atom stereocenters. The summed E-state index contributed by atoms with van der Waals surface area (Å²) in [6.45, 7) is 11.2. The fraction of sp³-hybridized carbons (Fsp3) is 0.481. The van der Waals surface area contributed by atoms with Crippen molar-refractivity contribution >= 4 is 23.2 Å². The van der Waals surface area contributed by atoms with E-state index in [0.717, 1.165) is 59.4 Å². The van der Waals surface area contributed by atoms with Gasteiger partial charge in [0.25, 0.3) is 5.91 Å². The van der Waals surface area contributed by atoms with Crippen molar-refractivity contribution in [3.63, 3.8) is 0 Å². The Balaban J connectivity index is 1.47. The molecule has 1 saturated heterocycles. The van der Waals surface area contributed by atoms with E-state index in [1.165, 1.54) is 0 Å². The summed E-state index contributed by atoms with van der Waals surface area (Å²) in [4.78, 5) is 29.2. The monoisotopic (exact) mass is 482 g/mol. The first-order chi connectivity index (χ1) is 16.5. The SMILES string of the molecule is Cc1cc(NC(=O)CN2CCC(N(C)C(=O)COc3cc(C)c(N)c(C)c3C)CC2)c(C)cc1O. The highest BCUT2D eigenvalue weighted by Crippen LogP contribution is 2.29. The van der Waals surface area contributed by atoms with Crippen molar-refractivity contribution < 1.29 is 19.4 Å². The lowest BCUT2D eigenvalue weighted by molar-refractivity contribution is -0.135. The molecule has 8 nitrogen and oxygen atoms in total. The number of ether oxygens (including phenoxy) is 1. The summed E-state index contributed by atoms with van der Waals surface area (Å²) in [5, 5.41) is 12.7. The van der Waals surface area contributed by atoms with Gasteiger partial charge in [-0.2, -0.15) is 0 Å². The molecule has 2 aromatic rings. The van der Waals surface area contributed by atoms with Crippen LogP contribution in [0.25, 0.3) is 0 Å². The van der Waals surface area contributed by atoms with Crippen molar-refractivity contribution in [2.45, 2.75) is 53.5 Å². The molecule has 1 fully saturated rings. The third-order valence-corrected chi connectivity index (χ3v) is 7.14. The molecule has 190 valence electrons. The smallest absolute Gasteiger partial charge is 0.260 e. The van der Waals surface area contributed by atoms with E-state index in [9.17, 15) is 14.7 Å². The molecule has 35 heavy (non-hydrogen) atoms. The van der Waals surface area contributed by atoms with E-state index >= 15 is 0 Å². The first-order valence-electron chi connectivity index (χ1n) is 12.0. The summed E-state index contributed by atoms with van der Waals surface area (Å²) in [6, 6.07) is 5.44. The fourth-order valence-corrected chi connectivity index (χ4v) is 4.45. The number of aromatic hydroxyl groups is 1. The molecule has 0 saturated carbocycles. The molecule has 8 heteroatoms. The number of piperidine rings is 1. The number of nitrogen functional groups attached to an aromatic ring is 1. The van der Waals surface area contributed by atoms with Crippen LogP contribution in [0.3, 0.4) is 0 Å². The van der Waals surface area contributed by atoms with Crippen molar-refractivity contribution in [3.8, 4) is 11.5 Å². The summed E-state index contributed by atoms with van der Waals surface area (Å²) < 4.78 is 5.86. The molecular formula is C27H38N4O4. The molecule has 2 aromatic carbocycles. The first kappa shape index (κ1) is 26.3. The molecule has 1 aliphatic rings. The lowest BCUT2D eigenvalue weighted by atomic mass is 10.0. The summed E-state index contributed by atoms with van der Waals surface area (Å²) in [7, 11) is 1.82. The fourth-order valence-electron chi connectivity index (χ4n) is 4.45. The average Bonchev–Trinajstić information content (AvgIpc) is 2.82. The number of likely N-dealkylation sites (tertiary alicyclic amines) is 1. The minimum atomic E-state index is -0.0843. The molecular weight excluding hydrogens is 444 g/mol. The quantitative estimate of drug-likeness (QED) is 0.412. The summed E-state index contributed by atoms with van der Waals surface area (Å²) in [6.07, 6.45) is 1.60. The number of phenols is 1. The Labute approximate surface area is 208 Å². The van der Waals surface area contributed by atoms with Gasteiger partial charge in [0.05, 0.1) is 6.54 Å². The topological polar surface area (TPSA) is 108 Å². The summed E-state index contributed by atoms with van der Waals surface area (Å²) in [5.41, 5.74) is 12.0. The Bertz CT molecular complexity index is 1110. The van der Waals surface area contributed by atoms with Gasteiger partial charge in [0.15, 0.2) is 6.61 Å². The lowest BCUT2D eigenvalue weighted by Crippen LogP contribution is -2.48. The standard InChI is InChI=1S/C27H38N4O4/c1-16-12-23(32)17(2)11-22(16)29-25(33)14-31-9-7-21(8-10-31)30(6)26(34)15-35-24-13-18(3)27(28)20(5)19(24)4/h11-13,21,32H,7-10,14-15,28H2,1-6H3,(H,29,33). The van der Waals surface area contributed by atoms with Gasteiger partial charge in [-0.1, -0.05) is 0 Å². The Kier molecular flexibility index (Phi) is 8.27. The van der Waals surface area contributed by atoms with Crippen LogP contribution in [0.4, 0.5) is 11.4 Å². The molecule has 1 aliphatic heterocycles. The van der Waals surface area contributed by atoms with Crippen LogP contribution in [0.15, 0.2) is 18.2 Å². The number of carbonyl (C=O) groups is 2. The maximum atomic E-state index is 12.8. The molecule has 0 atom stereocenters. The van der Waals surface area contributed by atoms with Crippen LogP contribution >= 0.6 is 0 Å². The van der Waals surface area contributed by atoms with Crippen LogP contribution in [0.2, 0.25) is 0 Å². The predicted octanol–water partition coefficient (Wildman–Crippen LogP) is 3.46. The van der Waals surface area contributed by atoms with Crippen LogP contribution in [-0.2, 0) is 9.59 Å². The zero-order valence-corrected chi connectivity index (χ0v) is 21.7. The van der Waals surface area contributed by atoms with Gasteiger partial charge >= 0.3 is 0 Å². The molecule has 3 rings (SSSR count). The highest BCUT2D eigenvalue weighted by atomic mass is 16.5. The number of amides is 2. The van der Waals surface area contributed by atoms with Crippen LogP contribution in [0.5, 0.6) is 11.5 Å². The Morgan fingerprint density at radius 3 is 2.37 bits per heavy atom. The third kappa shape index (κ3) is 6.25. The van der Waals surface area contributed by atoms with Crippen molar-refractivity contribution in [1.82, 2.24) is 9.80 Å². The van der Waals surface area contributed by atoms with Gasteiger partial charge < -0.3 is 25.8 Å². The number of likely N-dealkylation sites (N-methyl/N-ethyl adjacent to an activating group) is 1. The van der Waals surface area contributed by atoms with Gasteiger partial charge in [-0.05, 0) is 93.5 Å². The van der Waals surface area contributed by atoms with Gasteiger partial charge in [0.2, 0.25) is 5.91 Å². The second-order valence-electron chi connectivity index (χ2n) is 9.66. The van der Waals surface area contributed by atoms with E-state index < -0.39 is 0 Å². The second kappa shape index (κ2) is 11.0. The number of aryl methyl sites for hydroxylation is 3. The van der Waals surface area contributed by atoms with Crippen LogP contribution < -0.4 is 15.8 Å². The number of nitrogens with one attached hydrogen (secondary N) is 1. The zero-order chi connectivity index (χ0) is 25.9. The summed E-state index contributed by atoms with van der Waals surface area (Å²) in [5.74, 6) is 0.765. The summed E-state index contributed by atoms with van der Waals surface area (Å²) >= 11 is 0. The Morgan fingerprint density at radius 1 is 1.06 bits per heavy atom. The second-order valence-corrected chi connectivity index (χ2v) is 9.66. The van der Waals surface area contributed by atoms with Gasteiger partial charge in [-0.25, -0.2) is 0 Å². The van der Waals surface area contributed by atoms with Crippen molar-refractivity contribution in [2.75, 3.05) is 44.3 Å². The lowest BCUT2D eigenvalue weighted by Gasteiger charge is -2.36. The van der Waals surface area contributed by atoms with Gasteiger partial charge in [0.1, 0.15) is 11.5 Å². The minimum absolute atomic E-state index is 0.0197. The number of hydrogen-bond donors (Lipinski definition) is 3. The Hall–Kier alpha value is -3.26. The molecule has 1 heterocycles. The number of rotatable bonds is 7. The van der Waals surface area contributed by atoms with Crippen LogP contribution in [0.1, 0.15) is 40.7 Å². The highest BCUT2D eigenvalue weighted by Gasteiger charge is 2.26. The molecule has 0 bridgehead atoms. The number of hydrogen-bond acceptors (Lipinski definition) is 6. The largest absolute Gasteiger partial charge is 0.508 e. The van der Waals surface area contributed by atoms with Crippen molar-refractivity contribution in [2.24, 2.45) is 0 Å². The first-order valence-corrected chi connectivity index (χ1v) is 12.0. The number of anilines is 2. The number of benzene rings is 2. The van der Waals surface area contributed by atoms with E-state index in [1.807, 2.05) is 40.8 Å². The molecule has 0 radical (unpaired) electrons. The van der Waals surface area contributed by atoms with E-state index in [-0.39, 0.29) is 30.2 Å². The molecule has 0 aromatic heterocycles. The van der Waals surface area contributed by atoms with Crippen LogP contribution in [0, 0.1) is 34.6 Å². The third-order valence-electron chi connectivity index (χ3n) is 7.14. The molecule has 0 aliphatic carbocycles. The number of nitrogens with two attached hydrogens (primary N) is 1. The van der Waals surface area contributed by atoms with Crippen molar-refractivity contribution in [1.29, 1.82) is 0 Å². The number of carbonyl (C=O) groups excluding carboxylic acids is 2. The van der Waals surface area contributed by atoms with E-state index in [4.69, 9.17) is 10.5 Å². The average molecular weight is 483 g/mol. The van der Waals surface area contributed by atoms with E-state index in [0.29, 0.717) is 18.0 Å². The number of nitrogens with zero attached hydrogens (tertiary/aromatic N) is 2.